The van der Waals surface area contributed by atoms with Crippen molar-refractivity contribution < 1.29 is 19.1 Å². The lowest BCUT2D eigenvalue weighted by molar-refractivity contribution is 0.0600. The van der Waals surface area contributed by atoms with E-state index in [2.05, 4.69) is 10.1 Å². The van der Waals surface area contributed by atoms with Crippen molar-refractivity contribution in [3.8, 4) is 5.75 Å². The number of ether oxygens (including phenoxy) is 2. The van der Waals surface area contributed by atoms with Gasteiger partial charge in [0.05, 0.1) is 30.7 Å². The second-order valence-electron chi connectivity index (χ2n) is 6.06. The van der Waals surface area contributed by atoms with Crippen LogP contribution in [-0.2, 0) is 11.3 Å². The average Bonchev–Trinajstić information content (AvgIpc) is 2.73. The highest BCUT2D eigenvalue weighted by Gasteiger charge is 2.16. The summed E-state index contributed by atoms with van der Waals surface area (Å²) in [5.74, 6) is -0.446. The molecular formula is C21H20N2O5. The molecule has 2 aromatic carbocycles. The standard InChI is InChI=1S/C21H20N2O5/c1-4-23-12-17(19(24)16-11-15(27-2)9-10-18(16)23)20(25)22-14-7-5-13(6-8-14)21(26)28-3/h5-12H,4H2,1-3H3,(H,22,25). The largest absolute Gasteiger partial charge is 0.497 e. The van der Waals surface area contributed by atoms with Gasteiger partial charge in [-0.3, -0.25) is 9.59 Å². The number of hydrogen-bond donors (Lipinski definition) is 1. The van der Waals surface area contributed by atoms with Gasteiger partial charge in [0.25, 0.3) is 5.91 Å². The van der Waals surface area contributed by atoms with Crippen molar-refractivity contribution in [3.05, 3.63) is 70.0 Å². The average molecular weight is 380 g/mol. The van der Waals surface area contributed by atoms with Gasteiger partial charge < -0.3 is 19.4 Å². The Labute approximate surface area is 161 Å². The van der Waals surface area contributed by atoms with Gasteiger partial charge in [0.2, 0.25) is 5.43 Å². The minimum absolute atomic E-state index is 0.0275. The quantitative estimate of drug-likeness (QED) is 0.688. The summed E-state index contributed by atoms with van der Waals surface area (Å²) in [6.07, 6.45) is 1.55. The molecule has 144 valence electrons. The first-order valence-electron chi connectivity index (χ1n) is 8.69. The van der Waals surface area contributed by atoms with Crippen LogP contribution < -0.4 is 15.5 Å². The Morgan fingerprint density at radius 3 is 2.39 bits per heavy atom. The molecule has 0 fully saturated rings. The normalized spacial score (nSPS) is 10.5. The molecule has 0 saturated carbocycles. The lowest BCUT2D eigenvalue weighted by atomic mass is 10.1. The van der Waals surface area contributed by atoms with E-state index in [0.29, 0.717) is 28.9 Å². The Balaban J connectivity index is 1.98. The molecule has 0 saturated heterocycles. The van der Waals surface area contributed by atoms with Gasteiger partial charge >= 0.3 is 5.97 Å². The molecule has 0 spiro atoms. The lowest BCUT2D eigenvalue weighted by Crippen LogP contribution is -2.24. The summed E-state index contributed by atoms with van der Waals surface area (Å²) in [5.41, 5.74) is 1.21. The third-order valence-electron chi connectivity index (χ3n) is 4.44. The fourth-order valence-electron chi connectivity index (χ4n) is 2.93. The van der Waals surface area contributed by atoms with Crippen LogP contribution in [0.2, 0.25) is 0 Å². The zero-order chi connectivity index (χ0) is 20.3. The van der Waals surface area contributed by atoms with Gasteiger partial charge in [-0.2, -0.15) is 0 Å². The van der Waals surface area contributed by atoms with Crippen molar-refractivity contribution in [3.63, 3.8) is 0 Å². The zero-order valence-corrected chi connectivity index (χ0v) is 15.8. The first kappa shape index (κ1) is 19.2. The maximum absolute atomic E-state index is 12.9. The van der Waals surface area contributed by atoms with Gasteiger partial charge in [0, 0.05) is 18.4 Å². The van der Waals surface area contributed by atoms with Gasteiger partial charge in [-0.1, -0.05) is 0 Å². The highest BCUT2D eigenvalue weighted by molar-refractivity contribution is 6.06. The number of carbonyl (C=O) groups is 2. The number of aromatic nitrogens is 1. The number of rotatable bonds is 5. The van der Waals surface area contributed by atoms with E-state index < -0.39 is 11.9 Å². The molecule has 1 N–H and O–H groups in total. The summed E-state index contributed by atoms with van der Waals surface area (Å²) in [4.78, 5) is 37.1. The molecule has 0 aliphatic rings. The van der Waals surface area contributed by atoms with E-state index in [1.165, 1.54) is 26.4 Å². The van der Waals surface area contributed by atoms with Gasteiger partial charge in [0.1, 0.15) is 11.3 Å². The third-order valence-corrected chi connectivity index (χ3v) is 4.44. The fraction of sp³-hybridized carbons (Fsp3) is 0.190. The molecule has 0 radical (unpaired) electrons. The van der Waals surface area contributed by atoms with E-state index in [0.717, 1.165) is 5.52 Å². The number of anilines is 1. The number of hydrogen-bond acceptors (Lipinski definition) is 5. The van der Waals surface area contributed by atoms with Crippen LogP contribution >= 0.6 is 0 Å². The van der Waals surface area contributed by atoms with Crippen molar-refractivity contribution in [2.24, 2.45) is 0 Å². The number of carbonyl (C=O) groups excluding carboxylic acids is 2. The second kappa shape index (κ2) is 7.96. The molecule has 28 heavy (non-hydrogen) atoms. The highest BCUT2D eigenvalue weighted by Crippen LogP contribution is 2.20. The molecule has 1 amide bonds. The number of methoxy groups -OCH3 is 2. The summed E-state index contributed by atoms with van der Waals surface area (Å²) in [6.45, 7) is 2.53. The number of nitrogens with zero attached hydrogens (tertiary/aromatic N) is 1. The van der Waals surface area contributed by atoms with Crippen LogP contribution in [0.1, 0.15) is 27.6 Å². The molecular weight excluding hydrogens is 360 g/mol. The fourth-order valence-corrected chi connectivity index (χ4v) is 2.93. The lowest BCUT2D eigenvalue weighted by Gasteiger charge is -2.13. The Bertz CT molecular complexity index is 1100. The monoisotopic (exact) mass is 380 g/mol. The van der Waals surface area contributed by atoms with E-state index in [-0.39, 0.29) is 11.0 Å². The minimum Gasteiger partial charge on any atom is -0.497 e. The first-order chi connectivity index (χ1) is 13.5. The number of esters is 1. The van der Waals surface area contributed by atoms with Gasteiger partial charge in [-0.25, -0.2) is 4.79 Å². The summed E-state index contributed by atoms with van der Waals surface area (Å²) in [5, 5.41) is 3.10. The first-order valence-corrected chi connectivity index (χ1v) is 8.69. The number of pyridine rings is 1. The van der Waals surface area contributed by atoms with Gasteiger partial charge in [-0.05, 0) is 49.4 Å². The topological polar surface area (TPSA) is 86.6 Å². The van der Waals surface area contributed by atoms with Crippen molar-refractivity contribution >= 4 is 28.5 Å². The number of fused-ring (bicyclic) bond motifs is 1. The second-order valence-corrected chi connectivity index (χ2v) is 6.06. The molecule has 0 atom stereocenters. The molecule has 3 rings (SSSR count). The molecule has 1 aromatic heterocycles. The molecule has 0 unspecified atom stereocenters. The number of amides is 1. The Kier molecular flexibility index (Phi) is 5.44. The van der Waals surface area contributed by atoms with E-state index in [1.807, 2.05) is 11.5 Å². The summed E-state index contributed by atoms with van der Waals surface area (Å²) >= 11 is 0. The molecule has 0 aliphatic carbocycles. The van der Waals surface area contributed by atoms with Crippen molar-refractivity contribution in [2.75, 3.05) is 19.5 Å². The van der Waals surface area contributed by atoms with Crippen molar-refractivity contribution in [1.29, 1.82) is 0 Å². The summed E-state index contributed by atoms with van der Waals surface area (Å²) < 4.78 is 11.7. The highest BCUT2D eigenvalue weighted by atomic mass is 16.5. The molecule has 7 nitrogen and oxygen atoms in total. The van der Waals surface area contributed by atoms with Crippen molar-refractivity contribution in [2.45, 2.75) is 13.5 Å². The van der Waals surface area contributed by atoms with E-state index in [1.54, 1.807) is 36.5 Å². The van der Waals surface area contributed by atoms with Crippen LogP contribution in [0.15, 0.2) is 53.5 Å². The third kappa shape index (κ3) is 3.59. The van der Waals surface area contributed by atoms with Crippen LogP contribution in [0.5, 0.6) is 5.75 Å². The molecule has 0 bridgehead atoms. The van der Waals surface area contributed by atoms with Crippen LogP contribution in [0.3, 0.4) is 0 Å². The molecule has 0 aliphatic heterocycles. The predicted molar refractivity (Wildman–Crippen MR) is 106 cm³/mol. The van der Waals surface area contributed by atoms with Gasteiger partial charge in [0.15, 0.2) is 0 Å². The maximum Gasteiger partial charge on any atom is 0.337 e. The van der Waals surface area contributed by atoms with E-state index >= 15 is 0 Å². The van der Waals surface area contributed by atoms with Crippen LogP contribution in [0.4, 0.5) is 5.69 Å². The Morgan fingerprint density at radius 2 is 1.79 bits per heavy atom. The smallest absolute Gasteiger partial charge is 0.337 e. The minimum atomic E-state index is -0.525. The maximum atomic E-state index is 12.9. The van der Waals surface area contributed by atoms with E-state index in [4.69, 9.17) is 4.74 Å². The number of aryl methyl sites for hydroxylation is 1. The van der Waals surface area contributed by atoms with Crippen LogP contribution in [-0.4, -0.2) is 30.7 Å². The molecule has 7 heteroatoms. The zero-order valence-electron chi connectivity index (χ0n) is 15.8. The van der Waals surface area contributed by atoms with Crippen LogP contribution in [0, 0.1) is 0 Å². The Hall–Kier alpha value is -3.61. The van der Waals surface area contributed by atoms with Crippen LogP contribution in [0.25, 0.3) is 10.9 Å². The SMILES string of the molecule is CCn1cc(C(=O)Nc2ccc(C(=O)OC)cc2)c(=O)c2cc(OC)ccc21. The number of nitrogens with one attached hydrogen (secondary N) is 1. The number of benzene rings is 2. The molecule has 1 heterocycles. The Morgan fingerprint density at radius 1 is 1.07 bits per heavy atom. The molecule has 3 aromatic rings. The summed E-state index contributed by atoms with van der Waals surface area (Å²) in [7, 11) is 2.82. The summed E-state index contributed by atoms with van der Waals surface area (Å²) in [6, 6.07) is 11.4. The van der Waals surface area contributed by atoms with Gasteiger partial charge in [-0.15, -0.1) is 0 Å². The van der Waals surface area contributed by atoms with Crippen molar-refractivity contribution in [1.82, 2.24) is 4.57 Å². The van der Waals surface area contributed by atoms with E-state index in [9.17, 15) is 14.4 Å². The predicted octanol–water partition coefficient (Wildman–Crippen LogP) is 3.07.